The predicted molar refractivity (Wildman–Crippen MR) is 58.0 cm³/mol. The Morgan fingerprint density at radius 3 is 2.38 bits per heavy atom. The van der Waals surface area contributed by atoms with Crippen molar-refractivity contribution in [2.75, 3.05) is 26.9 Å². The van der Waals surface area contributed by atoms with Crippen LogP contribution in [0, 0.1) is 0 Å². The summed E-state index contributed by atoms with van der Waals surface area (Å²) in [5.74, 6) is 0. The Bertz CT molecular complexity index is 325. The molecule has 0 unspecified atom stereocenters. The molecule has 0 saturated carbocycles. The smallest absolute Gasteiger partial charge is 0.323 e. The highest BCUT2D eigenvalue weighted by Crippen LogP contribution is 2.12. The summed E-state index contributed by atoms with van der Waals surface area (Å²) in [6, 6.07) is 0.337. The lowest BCUT2D eigenvalue weighted by molar-refractivity contribution is 0.167. The van der Waals surface area contributed by atoms with Crippen molar-refractivity contribution >= 4 is 11.6 Å². The summed E-state index contributed by atoms with van der Waals surface area (Å²) in [5, 5.41) is 0.0557. The summed E-state index contributed by atoms with van der Waals surface area (Å²) in [6.45, 7) is 3.37. The lowest BCUT2D eigenvalue weighted by atomic mass is 10.5. The van der Waals surface area contributed by atoms with E-state index in [1.165, 1.54) is 0 Å². The number of ether oxygens (including phenoxy) is 3. The molecule has 0 aliphatic carbocycles. The fourth-order valence-electron chi connectivity index (χ4n) is 0.940. The number of hydrogen-bond acceptors (Lipinski definition) is 6. The topological polar surface area (TPSA) is 66.4 Å². The summed E-state index contributed by atoms with van der Waals surface area (Å²) < 4.78 is 15.3. The molecule has 1 aromatic rings. The van der Waals surface area contributed by atoms with Gasteiger partial charge in [0, 0.05) is 20.1 Å². The van der Waals surface area contributed by atoms with Crippen molar-refractivity contribution in [1.29, 1.82) is 0 Å². The molecular weight excluding hydrogens is 234 g/mol. The average molecular weight is 248 g/mol. The highest BCUT2D eigenvalue weighted by atomic mass is 35.5. The van der Waals surface area contributed by atoms with Crippen LogP contribution in [0.5, 0.6) is 12.0 Å². The van der Waals surface area contributed by atoms with Crippen LogP contribution >= 0.6 is 11.6 Å². The SMILES string of the molecule is CCOc1nc(Cl)nc(OCCCOC)n1. The number of hydrogen-bond donors (Lipinski definition) is 0. The molecule has 0 fully saturated rings. The highest BCUT2D eigenvalue weighted by Gasteiger charge is 2.06. The Morgan fingerprint density at radius 1 is 1.06 bits per heavy atom. The maximum Gasteiger partial charge on any atom is 0.323 e. The van der Waals surface area contributed by atoms with Gasteiger partial charge in [0.05, 0.1) is 13.2 Å². The largest absolute Gasteiger partial charge is 0.464 e. The molecule has 16 heavy (non-hydrogen) atoms. The van der Waals surface area contributed by atoms with Gasteiger partial charge in [0.25, 0.3) is 0 Å². The van der Waals surface area contributed by atoms with Crippen molar-refractivity contribution in [3.63, 3.8) is 0 Å². The lowest BCUT2D eigenvalue weighted by Crippen LogP contribution is -2.06. The average Bonchev–Trinajstić information content (AvgIpc) is 2.24. The summed E-state index contributed by atoms with van der Waals surface area (Å²) in [6.07, 6.45) is 0.754. The fourth-order valence-corrected chi connectivity index (χ4v) is 1.08. The van der Waals surface area contributed by atoms with Crippen LogP contribution in [0.4, 0.5) is 0 Å². The van der Waals surface area contributed by atoms with Crippen LogP contribution in [-0.4, -0.2) is 41.9 Å². The summed E-state index contributed by atoms with van der Waals surface area (Å²) in [7, 11) is 1.63. The molecule has 0 atom stereocenters. The standard InChI is InChI=1S/C9H14ClN3O3/c1-3-15-8-11-7(10)12-9(13-8)16-6-4-5-14-2/h3-6H2,1-2H3. The number of methoxy groups -OCH3 is 1. The van der Waals surface area contributed by atoms with E-state index in [1.807, 2.05) is 6.92 Å². The van der Waals surface area contributed by atoms with Crippen LogP contribution in [-0.2, 0) is 4.74 Å². The fraction of sp³-hybridized carbons (Fsp3) is 0.667. The third-order valence-electron chi connectivity index (χ3n) is 1.56. The number of aromatic nitrogens is 3. The lowest BCUT2D eigenvalue weighted by Gasteiger charge is -2.05. The van der Waals surface area contributed by atoms with Crippen LogP contribution in [0.15, 0.2) is 0 Å². The Morgan fingerprint density at radius 2 is 1.75 bits per heavy atom. The molecule has 0 spiro atoms. The molecule has 90 valence electrons. The minimum absolute atomic E-state index is 0.0557. The molecule has 0 saturated heterocycles. The van der Waals surface area contributed by atoms with Crippen molar-refractivity contribution in [2.24, 2.45) is 0 Å². The van der Waals surface area contributed by atoms with Gasteiger partial charge in [0.2, 0.25) is 5.28 Å². The molecule has 0 aliphatic rings. The van der Waals surface area contributed by atoms with Gasteiger partial charge in [0.1, 0.15) is 0 Å². The molecule has 1 heterocycles. The van der Waals surface area contributed by atoms with Gasteiger partial charge < -0.3 is 14.2 Å². The van der Waals surface area contributed by atoms with E-state index in [2.05, 4.69) is 15.0 Å². The van der Waals surface area contributed by atoms with Crippen molar-refractivity contribution < 1.29 is 14.2 Å². The zero-order valence-electron chi connectivity index (χ0n) is 9.27. The van der Waals surface area contributed by atoms with E-state index in [-0.39, 0.29) is 17.3 Å². The second kappa shape index (κ2) is 7.19. The Hall–Kier alpha value is -1.14. The maximum absolute atomic E-state index is 5.68. The van der Waals surface area contributed by atoms with Crippen molar-refractivity contribution in [3.8, 4) is 12.0 Å². The normalized spacial score (nSPS) is 10.2. The first-order chi connectivity index (χ1) is 7.76. The Kier molecular flexibility index (Phi) is 5.81. The van der Waals surface area contributed by atoms with Crippen LogP contribution in [0.3, 0.4) is 0 Å². The molecule has 1 aromatic heterocycles. The van der Waals surface area contributed by atoms with Gasteiger partial charge in [-0.25, -0.2) is 0 Å². The van der Waals surface area contributed by atoms with E-state index < -0.39 is 0 Å². The summed E-state index contributed by atoms with van der Waals surface area (Å²) in [5.41, 5.74) is 0. The maximum atomic E-state index is 5.68. The zero-order chi connectivity index (χ0) is 11.8. The predicted octanol–water partition coefficient (Wildman–Crippen LogP) is 1.34. The molecule has 7 heteroatoms. The Balaban J connectivity index is 2.51. The molecule has 0 bridgehead atoms. The number of rotatable bonds is 7. The first-order valence-corrected chi connectivity index (χ1v) is 5.30. The molecule has 0 aliphatic heterocycles. The third-order valence-corrected chi connectivity index (χ3v) is 1.73. The van der Waals surface area contributed by atoms with Crippen LogP contribution < -0.4 is 9.47 Å². The van der Waals surface area contributed by atoms with Gasteiger partial charge in [-0.1, -0.05) is 0 Å². The van der Waals surface area contributed by atoms with Gasteiger partial charge in [-0.3, -0.25) is 0 Å². The first-order valence-electron chi connectivity index (χ1n) is 4.92. The highest BCUT2D eigenvalue weighted by molar-refractivity contribution is 6.28. The van der Waals surface area contributed by atoms with Gasteiger partial charge >= 0.3 is 12.0 Å². The van der Waals surface area contributed by atoms with Crippen LogP contribution in [0.1, 0.15) is 13.3 Å². The van der Waals surface area contributed by atoms with Crippen LogP contribution in [0.25, 0.3) is 0 Å². The first kappa shape index (κ1) is 12.9. The molecule has 1 rings (SSSR count). The van der Waals surface area contributed by atoms with Gasteiger partial charge in [-0.15, -0.1) is 4.98 Å². The second-order valence-corrected chi connectivity index (χ2v) is 3.14. The van der Waals surface area contributed by atoms with E-state index in [4.69, 9.17) is 25.8 Å². The summed E-state index contributed by atoms with van der Waals surface area (Å²) in [4.78, 5) is 11.5. The van der Waals surface area contributed by atoms with Gasteiger partial charge in [0.15, 0.2) is 0 Å². The van der Waals surface area contributed by atoms with E-state index in [1.54, 1.807) is 7.11 Å². The zero-order valence-corrected chi connectivity index (χ0v) is 10.0. The quantitative estimate of drug-likeness (QED) is 0.678. The number of halogens is 1. The molecule has 0 radical (unpaired) electrons. The van der Waals surface area contributed by atoms with Gasteiger partial charge in [-0.2, -0.15) is 9.97 Å². The Labute approximate surface area is 98.9 Å². The molecule has 0 aromatic carbocycles. The van der Waals surface area contributed by atoms with Gasteiger partial charge in [-0.05, 0) is 18.5 Å². The van der Waals surface area contributed by atoms with E-state index in [9.17, 15) is 0 Å². The molecule has 0 amide bonds. The van der Waals surface area contributed by atoms with Crippen LogP contribution in [0.2, 0.25) is 5.28 Å². The minimum Gasteiger partial charge on any atom is -0.464 e. The van der Waals surface area contributed by atoms with Crippen molar-refractivity contribution in [1.82, 2.24) is 15.0 Å². The molecule has 0 N–H and O–H groups in total. The molecular formula is C9H14ClN3O3. The second-order valence-electron chi connectivity index (χ2n) is 2.80. The van der Waals surface area contributed by atoms with E-state index >= 15 is 0 Å². The van der Waals surface area contributed by atoms with Crippen molar-refractivity contribution in [3.05, 3.63) is 5.28 Å². The van der Waals surface area contributed by atoms with E-state index in [0.717, 1.165) is 6.42 Å². The monoisotopic (exact) mass is 247 g/mol. The summed E-state index contributed by atoms with van der Waals surface area (Å²) >= 11 is 5.68. The minimum atomic E-state index is 0.0557. The van der Waals surface area contributed by atoms with Crippen molar-refractivity contribution in [2.45, 2.75) is 13.3 Å². The molecule has 6 nitrogen and oxygen atoms in total. The van der Waals surface area contributed by atoms with E-state index in [0.29, 0.717) is 19.8 Å². The third kappa shape index (κ3) is 4.59. The number of nitrogens with zero attached hydrogens (tertiary/aromatic N) is 3.